The second-order valence-corrected chi connectivity index (χ2v) is 7.35. The summed E-state index contributed by atoms with van der Waals surface area (Å²) in [6.07, 6.45) is 5.41. The van der Waals surface area contributed by atoms with E-state index in [0.717, 1.165) is 42.5 Å². The maximum Gasteiger partial charge on any atom is 0.233 e. The van der Waals surface area contributed by atoms with Gasteiger partial charge in [-0.2, -0.15) is 0 Å². The normalized spacial score (nSPS) is 21.7. The molecule has 1 atom stereocenters. The number of hydrogen-bond acceptors (Lipinski definition) is 5. The Morgan fingerprint density at radius 2 is 2.00 bits per heavy atom. The number of anilines is 1. The van der Waals surface area contributed by atoms with E-state index >= 15 is 0 Å². The van der Waals surface area contributed by atoms with Crippen LogP contribution in [0.5, 0.6) is 0 Å². The van der Waals surface area contributed by atoms with Crippen LogP contribution in [0.1, 0.15) is 32.1 Å². The molecule has 0 bridgehead atoms. The van der Waals surface area contributed by atoms with Crippen LogP contribution in [0.2, 0.25) is 0 Å². The van der Waals surface area contributed by atoms with Crippen molar-refractivity contribution in [2.75, 3.05) is 11.9 Å². The first kappa shape index (κ1) is 14.8. The van der Waals surface area contributed by atoms with Crippen LogP contribution in [0.25, 0.3) is 10.9 Å². The lowest BCUT2D eigenvalue weighted by Crippen LogP contribution is -2.30. The largest absolute Gasteiger partial charge is 0.367 e. The summed E-state index contributed by atoms with van der Waals surface area (Å²) >= 11 is 1.49. The maximum atomic E-state index is 12.2. The molecule has 0 unspecified atom stereocenters. The minimum atomic E-state index is -0.0903. The molecule has 0 spiro atoms. The first-order chi connectivity index (χ1) is 11.3. The average Bonchev–Trinajstić information content (AvgIpc) is 3.38. The van der Waals surface area contributed by atoms with Crippen LogP contribution >= 0.6 is 11.8 Å². The topological polar surface area (TPSA) is 66.9 Å². The summed E-state index contributed by atoms with van der Waals surface area (Å²) in [4.78, 5) is 21.5. The zero-order valence-electron chi connectivity index (χ0n) is 12.9. The molecule has 1 saturated carbocycles. The SMILES string of the molecule is O=C1NCCCC[C@H]1Sc1nc(NC2CC2)c2ccccc2n1. The molecule has 1 saturated heterocycles. The minimum absolute atomic E-state index is 0.0903. The molecule has 5 nitrogen and oxygen atoms in total. The molecule has 0 radical (unpaired) electrons. The third-order valence-electron chi connectivity index (χ3n) is 4.23. The highest BCUT2D eigenvalue weighted by Gasteiger charge is 2.25. The predicted octanol–water partition coefficient (Wildman–Crippen LogP) is 2.96. The highest BCUT2D eigenvalue weighted by Crippen LogP contribution is 2.32. The summed E-state index contributed by atoms with van der Waals surface area (Å²) in [5.74, 6) is 1.01. The summed E-state index contributed by atoms with van der Waals surface area (Å²) < 4.78 is 0. The van der Waals surface area contributed by atoms with E-state index in [0.29, 0.717) is 11.2 Å². The van der Waals surface area contributed by atoms with Crippen molar-refractivity contribution in [3.05, 3.63) is 24.3 Å². The molecule has 1 aliphatic carbocycles. The number of nitrogens with zero attached hydrogens (tertiary/aromatic N) is 2. The van der Waals surface area contributed by atoms with Gasteiger partial charge in [0.05, 0.1) is 10.8 Å². The van der Waals surface area contributed by atoms with Crippen molar-refractivity contribution in [2.45, 2.75) is 48.6 Å². The number of benzene rings is 1. The number of aromatic nitrogens is 2. The molecule has 1 aromatic carbocycles. The molecule has 4 rings (SSSR count). The van der Waals surface area contributed by atoms with E-state index in [-0.39, 0.29) is 11.2 Å². The number of para-hydroxylation sites is 1. The van der Waals surface area contributed by atoms with Crippen molar-refractivity contribution in [3.63, 3.8) is 0 Å². The smallest absolute Gasteiger partial charge is 0.233 e. The second kappa shape index (κ2) is 6.35. The number of carbonyl (C=O) groups excluding carboxylic acids is 1. The van der Waals surface area contributed by atoms with Gasteiger partial charge in [-0.05, 0) is 37.8 Å². The number of fused-ring (bicyclic) bond motifs is 1. The quantitative estimate of drug-likeness (QED) is 0.845. The van der Waals surface area contributed by atoms with Crippen LogP contribution in [-0.4, -0.2) is 33.7 Å². The van der Waals surface area contributed by atoms with Gasteiger partial charge >= 0.3 is 0 Å². The van der Waals surface area contributed by atoms with Crippen LogP contribution in [-0.2, 0) is 4.79 Å². The van der Waals surface area contributed by atoms with Gasteiger partial charge in [0.2, 0.25) is 5.91 Å². The highest BCUT2D eigenvalue weighted by atomic mass is 32.2. The van der Waals surface area contributed by atoms with Gasteiger partial charge in [0.15, 0.2) is 5.16 Å². The van der Waals surface area contributed by atoms with Crippen molar-refractivity contribution in [1.29, 1.82) is 0 Å². The number of hydrogen-bond donors (Lipinski definition) is 2. The average molecular weight is 328 g/mol. The third-order valence-corrected chi connectivity index (χ3v) is 5.36. The Balaban J connectivity index is 1.64. The number of carbonyl (C=O) groups is 1. The van der Waals surface area contributed by atoms with Gasteiger partial charge in [-0.1, -0.05) is 30.3 Å². The Bertz CT molecular complexity index is 732. The fourth-order valence-electron chi connectivity index (χ4n) is 2.79. The van der Waals surface area contributed by atoms with E-state index in [1.807, 2.05) is 24.3 Å². The summed E-state index contributed by atoms with van der Waals surface area (Å²) in [6, 6.07) is 8.59. The van der Waals surface area contributed by atoms with Gasteiger partial charge in [0.25, 0.3) is 0 Å². The lowest BCUT2D eigenvalue weighted by Gasteiger charge is -2.14. The van der Waals surface area contributed by atoms with Gasteiger partial charge in [0.1, 0.15) is 5.82 Å². The van der Waals surface area contributed by atoms with Crippen LogP contribution in [0.3, 0.4) is 0 Å². The summed E-state index contributed by atoms with van der Waals surface area (Å²) in [5, 5.41) is 8.12. The van der Waals surface area contributed by atoms with Crippen molar-refractivity contribution in [2.24, 2.45) is 0 Å². The van der Waals surface area contributed by atoms with Crippen molar-refractivity contribution < 1.29 is 4.79 Å². The molecule has 120 valence electrons. The number of amides is 1. The van der Waals surface area contributed by atoms with Crippen LogP contribution < -0.4 is 10.6 Å². The van der Waals surface area contributed by atoms with Crippen LogP contribution in [0.15, 0.2) is 29.4 Å². The van der Waals surface area contributed by atoms with E-state index in [1.165, 1.54) is 24.6 Å². The number of thioether (sulfide) groups is 1. The molecule has 23 heavy (non-hydrogen) atoms. The summed E-state index contributed by atoms with van der Waals surface area (Å²) in [7, 11) is 0. The van der Waals surface area contributed by atoms with E-state index < -0.39 is 0 Å². The van der Waals surface area contributed by atoms with Crippen molar-refractivity contribution in [3.8, 4) is 0 Å². The number of nitrogens with one attached hydrogen (secondary N) is 2. The van der Waals surface area contributed by atoms with Gasteiger partial charge in [-0.15, -0.1) is 0 Å². The zero-order valence-corrected chi connectivity index (χ0v) is 13.7. The van der Waals surface area contributed by atoms with Gasteiger partial charge in [-0.3, -0.25) is 4.79 Å². The minimum Gasteiger partial charge on any atom is -0.367 e. The fraction of sp³-hybridized carbons (Fsp3) is 0.471. The van der Waals surface area contributed by atoms with Crippen LogP contribution in [0.4, 0.5) is 5.82 Å². The van der Waals surface area contributed by atoms with E-state index in [1.54, 1.807) is 0 Å². The molecule has 2 aromatic rings. The Morgan fingerprint density at radius 1 is 1.13 bits per heavy atom. The first-order valence-corrected chi connectivity index (χ1v) is 9.15. The lowest BCUT2D eigenvalue weighted by molar-refractivity contribution is -0.120. The summed E-state index contributed by atoms with van der Waals surface area (Å²) in [5.41, 5.74) is 0.933. The van der Waals surface area contributed by atoms with Crippen LogP contribution in [0, 0.1) is 0 Å². The Morgan fingerprint density at radius 3 is 2.87 bits per heavy atom. The van der Waals surface area contributed by atoms with Gasteiger partial charge < -0.3 is 10.6 Å². The van der Waals surface area contributed by atoms with Gasteiger partial charge in [-0.25, -0.2) is 9.97 Å². The Labute approximate surface area is 139 Å². The molecule has 1 amide bonds. The van der Waals surface area contributed by atoms with E-state index in [2.05, 4.69) is 15.6 Å². The third kappa shape index (κ3) is 3.42. The molecule has 2 N–H and O–H groups in total. The highest BCUT2D eigenvalue weighted by molar-refractivity contribution is 8.00. The fourth-order valence-corrected chi connectivity index (χ4v) is 3.81. The van der Waals surface area contributed by atoms with E-state index in [9.17, 15) is 4.79 Å². The molecule has 1 aromatic heterocycles. The number of rotatable bonds is 4. The van der Waals surface area contributed by atoms with Gasteiger partial charge in [0, 0.05) is 18.0 Å². The monoisotopic (exact) mass is 328 g/mol. The zero-order chi connectivity index (χ0) is 15.6. The first-order valence-electron chi connectivity index (χ1n) is 8.27. The second-order valence-electron chi connectivity index (χ2n) is 6.18. The molecular weight excluding hydrogens is 308 g/mol. The molecule has 2 aliphatic rings. The Hall–Kier alpha value is -1.82. The Kier molecular flexibility index (Phi) is 4.08. The van der Waals surface area contributed by atoms with E-state index in [4.69, 9.17) is 4.98 Å². The van der Waals surface area contributed by atoms with Crippen molar-refractivity contribution >= 4 is 34.4 Å². The standard InChI is InChI=1S/C17H20N4OS/c22-16-14(7-3-4-10-18-16)23-17-20-13-6-2-1-5-12(13)15(21-17)19-11-8-9-11/h1-2,5-6,11,14H,3-4,7-10H2,(H,18,22)(H,19,20,21)/t14-/m1/s1. The molecule has 2 fully saturated rings. The molecule has 6 heteroatoms. The molecule has 1 aliphatic heterocycles. The summed E-state index contributed by atoms with van der Waals surface area (Å²) in [6.45, 7) is 0.781. The molecule has 2 heterocycles. The lowest BCUT2D eigenvalue weighted by atomic mass is 10.2. The molecular formula is C17H20N4OS. The maximum absolute atomic E-state index is 12.2. The van der Waals surface area contributed by atoms with Crippen molar-refractivity contribution in [1.82, 2.24) is 15.3 Å². The predicted molar refractivity (Wildman–Crippen MR) is 92.7 cm³/mol.